The van der Waals surface area contributed by atoms with Gasteiger partial charge in [-0.2, -0.15) is 4.31 Å². The van der Waals surface area contributed by atoms with Crippen LogP contribution in [0.25, 0.3) is 0 Å². The molecule has 0 saturated carbocycles. The van der Waals surface area contributed by atoms with E-state index in [4.69, 9.17) is 0 Å². The van der Waals surface area contributed by atoms with Gasteiger partial charge in [-0.15, -0.1) is 0 Å². The summed E-state index contributed by atoms with van der Waals surface area (Å²) in [6, 6.07) is 12.9. The summed E-state index contributed by atoms with van der Waals surface area (Å²) in [7, 11) is 0.609. The van der Waals surface area contributed by atoms with Gasteiger partial charge in [0.1, 0.15) is 6.54 Å². The van der Waals surface area contributed by atoms with Crippen LogP contribution in [-0.2, 0) is 23.1 Å². The largest absolute Gasteiger partial charge is 0.348 e. The minimum Gasteiger partial charge on any atom is -0.348 e. The first-order valence-electron chi connectivity index (χ1n) is 10.5. The average molecular weight is 431 g/mol. The first kappa shape index (κ1) is 22.5. The number of hydrogen-bond donors (Lipinski definition) is 2. The Morgan fingerprint density at radius 1 is 1.03 bits per heavy atom. The Morgan fingerprint density at radius 3 is 2.37 bits per heavy atom. The number of benzene rings is 2. The molecule has 3 rings (SSSR count). The molecule has 1 amide bonds. The third-order valence-electron chi connectivity index (χ3n) is 5.51. The van der Waals surface area contributed by atoms with Crippen molar-refractivity contribution in [1.29, 1.82) is 0 Å². The van der Waals surface area contributed by atoms with Gasteiger partial charge in [0.25, 0.3) is 5.91 Å². The lowest BCUT2D eigenvalue weighted by Gasteiger charge is -2.26. The van der Waals surface area contributed by atoms with Gasteiger partial charge in [0.2, 0.25) is 10.0 Å². The first-order chi connectivity index (χ1) is 14.3. The van der Waals surface area contributed by atoms with E-state index in [1.54, 1.807) is 12.1 Å². The van der Waals surface area contributed by atoms with Gasteiger partial charge in [-0.3, -0.25) is 4.79 Å². The molecule has 1 aliphatic rings. The first-order valence-corrected chi connectivity index (χ1v) is 12.0. The normalized spacial score (nSPS) is 15.3. The summed E-state index contributed by atoms with van der Waals surface area (Å²) in [6.45, 7) is 4.19. The molecule has 1 heterocycles. The summed E-state index contributed by atoms with van der Waals surface area (Å²) in [4.78, 5) is 14.4. The molecule has 6 nitrogen and oxygen atoms in total. The molecule has 0 spiro atoms. The van der Waals surface area contributed by atoms with Gasteiger partial charge in [0.15, 0.2) is 0 Å². The van der Waals surface area contributed by atoms with Crippen molar-refractivity contribution in [2.75, 3.05) is 27.2 Å². The van der Waals surface area contributed by atoms with E-state index in [0.29, 0.717) is 25.2 Å². The quantitative estimate of drug-likeness (QED) is 0.703. The van der Waals surface area contributed by atoms with Crippen molar-refractivity contribution in [3.8, 4) is 0 Å². The Balaban J connectivity index is 1.78. The van der Waals surface area contributed by atoms with E-state index in [0.717, 1.165) is 36.9 Å². The number of amides is 1. The Bertz CT molecular complexity index is 997. The fraction of sp³-hybridized carbons (Fsp3) is 0.435. The summed E-state index contributed by atoms with van der Waals surface area (Å²) in [5.41, 5.74) is 3.43. The van der Waals surface area contributed by atoms with E-state index in [-0.39, 0.29) is 10.8 Å². The average Bonchev–Trinajstić information content (AvgIpc) is 2.73. The van der Waals surface area contributed by atoms with Crippen LogP contribution in [0.15, 0.2) is 47.4 Å². The highest BCUT2D eigenvalue weighted by Gasteiger charge is 2.27. The standard InChI is InChI=1S/C23H31N3O3S/c1-18-11-12-21(30(28,29)26-13-7-4-8-14-26)15-22(18)23(27)24-16-19-9-5-6-10-20(19)17-25(2)3/h5-6,9-12,15H,4,7-8,13-14,16-17H2,1-3H3,(H,24,27)/p+1. The molecule has 2 aromatic carbocycles. The Kier molecular flexibility index (Phi) is 7.28. The van der Waals surface area contributed by atoms with Gasteiger partial charge in [-0.1, -0.05) is 36.8 Å². The van der Waals surface area contributed by atoms with Crippen LogP contribution in [0.3, 0.4) is 0 Å². The van der Waals surface area contributed by atoms with Crippen molar-refractivity contribution in [2.24, 2.45) is 0 Å². The third kappa shape index (κ3) is 5.28. The maximum absolute atomic E-state index is 13.0. The number of carbonyl (C=O) groups is 1. The number of nitrogens with zero attached hydrogens (tertiary/aromatic N) is 1. The van der Waals surface area contributed by atoms with Crippen LogP contribution in [0.1, 0.15) is 46.3 Å². The number of nitrogens with one attached hydrogen (secondary N) is 2. The number of aryl methyl sites for hydroxylation is 1. The minimum atomic E-state index is -3.57. The lowest BCUT2D eigenvalue weighted by atomic mass is 10.1. The Labute approximate surface area is 179 Å². The van der Waals surface area contributed by atoms with Crippen molar-refractivity contribution in [3.63, 3.8) is 0 Å². The molecule has 0 bridgehead atoms. The zero-order valence-electron chi connectivity index (χ0n) is 18.1. The monoisotopic (exact) mass is 430 g/mol. The summed E-state index contributed by atoms with van der Waals surface area (Å²) < 4.78 is 27.5. The van der Waals surface area contributed by atoms with E-state index < -0.39 is 10.0 Å². The van der Waals surface area contributed by atoms with Gasteiger partial charge < -0.3 is 10.2 Å². The molecule has 162 valence electrons. The molecular formula is C23H32N3O3S+. The minimum absolute atomic E-state index is 0.191. The highest BCUT2D eigenvalue weighted by atomic mass is 32.2. The summed E-state index contributed by atoms with van der Waals surface area (Å²) in [5.74, 6) is -0.254. The summed E-state index contributed by atoms with van der Waals surface area (Å²) in [6.07, 6.45) is 2.82. The van der Waals surface area contributed by atoms with Crippen molar-refractivity contribution >= 4 is 15.9 Å². The molecule has 2 N–H and O–H groups in total. The molecule has 2 aromatic rings. The molecule has 0 aliphatic carbocycles. The van der Waals surface area contributed by atoms with Gasteiger partial charge in [-0.05, 0) is 43.0 Å². The molecule has 0 unspecified atom stereocenters. The zero-order valence-corrected chi connectivity index (χ0v) is 18.9. The predicted molar refractivity (Wildman–Crippen MR) is 118 cm³/mol. The summed E-state index contributed by atoms with van der Waals surface area (Å²) >= 11 is 0. The lowest BCUT2D eigenvalue weighted by molar-refractivity contribution is -0.872. The van der Waals surface area contributed by atoms with Gasteiger partial charge in [-0.25, -0.2) is 8.42 Å². The maximum Gasteiger partial charge on any atom is 0.251 e. The SMILES string of the molecule is Cc1ccc(S(=O)(=O)N2CCCCC2)cc1C(=O)NCc1ccccc1C[NH+](C)C. The van der Waals surface area contributed by atoms with Crippen molar-refractivity contribution in [2.45, 2.75) is 44.2 Å². The van der Waals surface area contributed by atoms with Crippen molar-refractivity contribution < 1.29 is 18.1 Å². The number of carbonyl (C=O) groups excluding carboxylic acids is 1. The number of rotatable bonds is 7. The predicted octanol–water partition coefficient (Wildman–Crippen LogP) is 1.74. The fourth-order valence-corrected chi connectivity index (χ4v) is 5.36. The number of quaternary nitrogens is 1. The van der Waals surface area contributed by atoms with E-state index >= 15 is 0 Å². The molecule has 0 atom stereocenters. The lowest BCUT2D eigenvalue weighted by Crippen LogP contribution is -3.04. The van der Waals surface area contributed by atoms with E-state index in [1.807, 2.05) is 25.1 Å². The zero-order chi connectivity index (χ0) is 21.7. The molecule has 0 aromatic heterocycles. The molecular weight excluding hydrogens is 398 g/mol. The molecule has 0 radical (unpaired) electrons. The van der Waals surface area contributed by atoms with Crippen molar-refractivity contribution in [3.05, 3.63) is 64.7 Å². The van der Waals surface area contributed by atoms with Crippen LogP contribution in [0.2, 0.25) is 0 Å². The van der Waals surface area contributed by atoms with Crippen LogP contribution < -0.4 is 10.2 Å². The van der Waals surface area contributed by atoms with Gasteiger partial charge in [0.05, 0.1) is 19.0 Å². The third-order valence-corrected chi connectivity index (χ3v) is 7.40. The smallest absolute Gasteiger partial charge is 0.251 e. The van der Waals surface area contributed by atoms with E-state index in [2.05, 4.69) is 25.5 Å². The number of piperidine rings is 1. The second-order valence-electron chi connectivity index (χ2n) is 8.28. The second kappa shape index (κ2) is 9.73. The van der Waals surface area contributed by atoms with E-state index in [1.165, 1.54) is 20.8 Å². The highest BCUT2D eigenvalue weighted by molar-refractivity contribution is 7.89. The highest BCUT2D eigenvalue weighted by Crippen LogP contribution is 2.23. The summed E-state index contributed by atoms with van der Waals surface area (Å²) in [5, 5.41) is 2.97. The molecule has 1 fully saturated rings. The van der Waals surface area contributed by atoms with Crippen LogP contribution >= 0.6 is 0 Å². The van der Waals surface area contributed by atoms with Crippen LogP contribution in [0, 0.1) is 6.92 Å². The molecule has 1 saturated heterocycles. The Morgan fingerprint density at radius 2 is 1.70 bits per heavy atom. The van der Waals surface area contributed by atoms with Gasteiger partial charge in [0, 0.05) is 30.8 Å². The number of sulfonamides is 1. The molecule has 30 heavy (non-hydrogen) atoms. The fourth-order valence-electron chi connectivity index (χ4n) is 3.81. The Hall–Kier alpha value is -2.22. The second-order valence-corrected chi connectivity index (χ2v) is 10.2. The van der Waals surface area contributed by atoms with Gasteiger partial charge >= 0.3 is 0 Å². The van der Waals surface area contributed by atoms with Crippen LogP contribution in [0.4, 0.5) is 0 Å². The molecule has 7 heteroatoms. The topological polar surface area (TPSA) is 70.9 Å². The van der Waals surface area contributed by atoms with Crippen molar-refractivity contribution in [1.82, 2.24) is 9.62 Å². The molecule has 1 aliphatic heterocycles. The number of hydrogen-bond acceptors (Lipinski definition) is 3. The van der Waals surface area contributed by atoms with Crippen LogP contribution in [-0.4, -0.2) is 45.8 Å². The van der Waals surface area contributed by atoms with Crippen LogP contribution in [0.5, 0.6) is 0 Å². The maximum atomic E-state index is 13.0. The van der Waals surface area contributed by atoms with E-state index in [9.17, 15) is 13.2 Å².